The molecular formula is C25H29N5O5S. The van der Waals surface area contributed by atoms with Gasteiger partial charge in [-0.1, -0.05) is 48.0 Å². The van der Waals surface area contributed by atoms with Gasteiger partial charge in [-0.15, -0.1) is 0 Å². The number of anilines is 1. The predicted octanol–water partition coefficient (Wildman–Crippen LogP) is 2.92. The van der Waals surface area contributed by atoms with Crippen LogP contribution in [0.4, 0.5) is 5.82 Å². The van der Waals surface area contributed by atoms with Gasteiger partial charge in [0.25, 0.3) is 16.0 Å². The second-order valence-corrected chi connectivity index (χ2v) is 9.70. The highest BCUT2D eigenvalue weighted by atomic mass is 32.2. The minimum Gasteiger partial charge on any atom is -0.365 e. The number of carbonyl (C=O) groups is 1. The number of hydroxylamine groups is 1. The van der Waals surface area contributed by atoms with Crippen molar-refractivity contribution in [3.63, 3.8) is 0 Å². The molecule has 36 heavy (non-hydrogen) atoms. The molecule has 4 rings (SSSR count). The van der Waals surface area contributed by atoms with Crippen molar-refractivity contribution in [2.75, 3.05) is 18.4 Å². The Labute approximate surface area is 210 Å². The molecule has 1 amide bonds. The molecule has 10 nitrogen and oxygen atoms in total. The van der Waals surface area contributed by atoms with E-state index >= 15 is 0 Å². The van der Waals surface area contributed by atoms with E-state index in [0.717, 1.165) is 37.4 Å². The van der Waals surface area contributed by atoms with Gasteiger partial charge in [0.05, 0.1) is 23.0 Å². The Hall–Kier alpha value is -3.64. The zero-order chi connectivity index (χ0) is 26.0. The molecule has 2 heterocycles. The van der Waals surface area contributed by atoms with Crippen LogP contribution < -0.4 is 10.8 Å². The third-order valence-electron chi connectivity index (χ3n) is 5.38. The van der Waals surface area contributed by atoms with Gasteiger partial charge in [-0.25, -0.2) is 10.5 Å². The number of hydrogen-bond acceptors (Lipinski definition) is 8. The molecule has 1 aliphatic rings. The lowest BCUT2D eigenvalue weighted by molar-refractivity contribution is -0.124. The standard InChI is InChI=1S/C18H21N5O2.C7H8O3S/c24-18(22-25)7-6-15-10-20-17(11-19-15)21-16-8-9-23(13-16)12-14-4-2-1-3-5-14;1-6-2-4-7(5-3-6)11(8,9)10/h1-7,10-11,16,25H,8-9,12-13H2,(H,20,21)(H,22,24);2-5H,1H3,(H,8,9,10)/b7-6+;/t16-;/m1./s1. The predicted molar refractivity (Wildman–Crippen MR) is 136 cm³/mol. The maximum absolute atomic E-state index is 10.9. The van der Waals surface area contributed by atoms with Crippen molar-refractivity contribution in [3.8, 4) is 0 Å². The van der Waals surface area contributed by atoms with Gasteiger partial charge in [0.2, 0.25) is 0 Å². The van der Waals surface area contributed by atoms with Gasteiger partial charge in [0, 0.05) is 31.8 Å². The van der Waals surface area contributed by atoms with Crippen molar-refractivity contribution in [1.29, 1.82) is 0 Å². The van der Waals surface area contributed by atoms with Crippen molar-refractivity contribution >= 4 is 27.9 Å². The van der Waals surface area contributed by atoms with Crippen LogP contribution in [0.25, 0.3) is 6.08 Å². The van der Waals surface area contributed by atoms with Crippen molar-refractivity contribution in [1.82, 2.24) is 20.3 Å². The summed E-state index contributed by atoms with van der Waals surface area (Å²) in [5.41, 5.74) is 4.35. The van der Waals surface area contributed by atoms with Crippen LogP contribution >= 0.6 is 0 Å². The molecule has 0 spiro atoms. The lowest BCUT2D eigenvalue weighted by Crippen LogP contribution is -2.26. The number of nitrogens with one attached hydrogen (secondary N) is 2. The van der Waals surface area contributed by atoms with Gasteiger partial charge in [-0.05, 0) is 37.1 Å². The van der Waals surface area contributed by atoms with E-state index in [2.05, 4.69) is 44.5 Å². The summed E-state index contributed by atoms with van der Waals surface area (Å²) in [6.45, 7) is 4.82. The second kappa shape index (κ2) is 12.9. The third kappa shape index (κ3) is 8.86. The zero-order valence-electron chi connectivity index (χ0n) is 19.8. The summed E-state index contributed by atoms with van der Waals surface area (Å²) in [6.07, 6.45) is 6.97. The van der Waals surface area contributed by atoms with E-state index in [9.17, 15) is 13.2 Å². The number of hydrogen-bond donors (Lipinski definition) is 4. The number of likely N-dealkylation sites (tertiary alicyclic amines) is 1. The van der Waals surface area contributed by atoms with Gasteiger partial charge >= 0.3 is 0 Å². The van der Waals surface area contributed by atoms with E-state index in [1.54, 1.807) is 24.5 Å². The number of rotatable bonds is 7. The summed E-state index contributed by atoms with van der Waals surface area (Å²) in [5, 5.41) is 11.8. The van der Waals surface area contributed by atoms with Crippen LogP contribution in [-0.4, -0.2) is 58.1 Å². The summed E-state index contributed by atoms with van der Waals surface area (Å²) >= 11 is 0. The number of nitrogens with zero attached hydrogens (tertiary/aromatic N) is 3. The fourth-order valence-electron chi connectivity index (χ4n) is 3.55. The first-order valence-electron chi connectivity index (χ1n) is 11.2. The van der Waals surface area contributed by atoms with Crippen LogP contribution in [0.2, 0.25) is 0 Å². The van der Waals surface area contributed by atoms with E-state index in [-0.39, 0.29) is 4.90 Å². The van der Waals surface area contributed by atoms with Crippen molar-refractivity contribution in [2.24, 2.45) is 0 Å². The largest absolute Gasteiger partial charge is 0.365 e. The maximum Gasteiger partial charge on any atom is 0.294 e. The Morgan fingerprint density at radius 3 is 2.44 bits per heavy atom. The molecule has 1 fully saturated rings. The van der Waals surface area contributed by atoms with Gasteiger partial charge in [-0.2, -0.15) is 8.42 Å². The highest BCUT2D eigenvalue weighted by Gasteiger charge is 2.22. The van der Waals surface area contributed by atoms with Crippen molar-refractivity contribution < 1.29 is 23.0 Å². The molecule has 1 aromatic heterocycles. The second-order valence-electron chi connectivity index (χ2n) is 8.27. The Bertz CT molecular complexity index is 1250. The molecule has 1 aliphatic heterocycles. The Morgan fingerprint density at radius 1 is 1.11 bits per heavy atom. The number of carbonyl (C=O) groups excluding carboxylic acids is 1. The molecule has 0 saturated carbocycles. The van der Waals surface area contributed by atoms with Crippen LogP contribution in [0.15, 0.2) is 78.0 Å². The lowest BCUT2D eigenvalue weighted by atomic mass is 10.2. The monoisotopic (exact) mass is 511 g/mol. The summed E-state index contributed by atoms with van der Waals surface area (Å²) in [4.78, 5) is 21.8. The van der Waals surface area contributed by atoms with Crippen LogP contribution in [0.3, 0.4) is 0 Å². The molecule has 1 saturated heterocycles. The lowest BCUT2D eigenvalue weighted by Gasteiger charge is -2.17. The van der Waals surface area contributed by atoms with E-state index < -0.39 is 16.0 Å². The van der Waals surface area contributed by atoms with Crippen LogP contribution in [0, 0.1) is 6.92 Å². The average molecular weight is 512 g/mol. The Morgan fingerprint density at radius 2 is 1.83 bits per heavy atom. The fraction of sp³-hybridized carbons (Fsp3) is 0.240. The fourth-order valence-corrected chi connectivity index (χ4v) is 4.03. The number of benzene rings is 2. The van der Waals surface area contributed by atoms with Crippen LogP contribution in [0.5, 0.6) is 0 Å². The number of amides is 1. The molecule has 2 aromatic carbocycles. The summed E-state index contributed by atoms with van der Waals surface area (Å²) < 4.78 is 29.6. The normalized spacial score (nSPS) is 15.8. The highest BCUT2D eigenvalue weighted by Crippen LogP contribution is 2.16. The molecular weight excluding hydrogens is 482 g/mol. The summed E-state index contributed by atoms with van der Waals surface area (Å²) in [5.74, 6) is 0.115. The van der Waals surface area contributed by atoms with Crippen molar-refractivity contribution in [2.45, 2.75) is 30.8 Å². The SMILES string of the molecule is Cc1ccc(S(=O)(=O)O)cc1.O=C(/C=C/c1cnc(N[C@@H]2CCN(Cc3ccccc3)C2)cn1)NO. The Balaban J connectivity index is 0.000000275. The molecule has 4 N–H and O–H groups in total. The first kappa shape index (κ1) is 27.0. The van der Waals surface area contributed by atoms with E-state index in [0.29, 0.717) is 11.7 Å². The maximum atomic E-state index is 10.9. The van der Waals surface area contributed by atoms with Gasteiger partial charge < -0.3 is 5.32 Å². The number of aryl methyl sites for hydroxylation is 1. The molecule has 0 unspecified atom stereocenters. The molecule has 190 valence electrons. The summed E-state index contributed by atoms with van der Waals surface area (Å²) in [7, 11) is -4.02. The first-order chi connectivity index (χ1) is 17.2. The minimum absolute atomic E-state index is 0.0666. The van der Waals surface area contributed by atoms with Gasteiger partial charge in [0.15, 0.2) is 0 Å². The van der Waals surface area contributed by atoms with Crippen LogP contribution in [0.1, 0.15) is 23.2 Å². The van der Waals surface area contributed by atoms with E-state index in [1.807, 2.05) is 13.0 Å². The van der Waals surface area contributed by atoms with Gasteiger partial charge in [0.1, 0.15) is 5.82 Å². The molecule has 0 bridgehead atoms. The quantitative estimate of drug-likeness (QED) is 0.163. The zero-order valence-corrected chi connectivity index (χ0v) is 20.6. The highest BCUT2D eigenvalue weighted by molar-refractivity contribution is 7.85. The van der Waals surface area contributed by atoms with Crippen molar-refractivity contribution in [3.05, 3.63) is 89.9 Å². The Kier molecular flexibility index (Phi) is 9.65. The molecule has 0 radical (unpaired) electrons. The van der Waals surface area contributed by atoms with Gasteiger partial charge in [-0.3, -0.25) is 24.4 Å². The molecule has 11 heteroatoms. The minimum atomic E-state index is -4.02. The first-order valence-corrected chi connectivity index (χ1v) is 12.7. The third-order valence-corrected chi connectivity index (χ3v) is 6.25. The van der Waals surface area contributed by atoms with E-state index in [1.165, 1.54) is 35.3 Å². The molecule has 3 aromatic rings. The van der Waals surface area contributed by atoms with E-state index in [4.69, 9.17) is 9.76 Å². The molecule has 0 aliphatic carbocycles. The smallest absolute Gasteiger partial charge is 0.294 e. The molecule has 1 atom stereocenters. The summed E-state index contributed by atoms with van der Waals surface area (Å²) in [6, 6.07) is 16.8. The average Bonchev–Trinajstić information content (AvgIpc) is 3.30. The number of aromatic nitrogens is 2. The van der Waals surface area contributed by atoms with Crippen LogP contribution in [-0.2, 0) is 21.5 Å². The topological polar surface area (TPSA) is 145 Å².